The fourth-order valence-electron chi connectivity index (χ4n) is 1.57. The molecule has 0 saturated heterocycles. The first-order chi connectivity index (χ1) is 9.52. The normalized spacial score (nSPS) is 9.90. The van der Waals surface area contributed by atoms with Crippen molar-refractivity contribution in [3.05, 3.63) is 24.3 Å². The zero-order valence-corrected chi connectivity index (χ0v) is 11.7. The van der Waals surface area contributed by atoms with Crippen molar-refractivity contribution >= 4 is 11.9 Å². The van der Waals surface area contributed by atoms with E-state index in [1.54, 1.807) is 31.4 Å². The molecule has 6 nitrogen and oxygen atoms in total. The van der Waals surface area contributed by atoms with Gasteiger partial charge in [0.25, 0.3) is 0 Å². The van der Waals surface area contributed by atoms with Gasteiger partial charge in [0.1, 0.15) is 18.0 Å². The summed E-state index contributed by atoms with van der Waals surface area (Å²) in [5.74, 6) is 0.237. The van der Waals surface area contributed by atoms with Crippen LogP contribution in [-0.4, -0.2) is 49.2 Å². The summed E-state index contributed by atoms with van der Waals surface area (Å²) in [6.07, 6.45) is 0.800. The van der Waals surface area contributed by atoms with Crippen LogP contribution in [0.3, 0.4) is 0 Å². The third-order valence-corrected chi connectivity index (χ3v) is 2.66. The van der Waals surface area contributed by atoms with Crippen LogP contribution >= 0.6 is 0 Å². The summed E-state index contributed by atoms with van der Waals surface area (Å²) >= 11 is 0. The van der Waals surface area contributed by atoms with E-state index in [1.165, 1.54) is 11.9 Å². The molecule has 1 N–H and O–H groups in total. The zero-order valence-electron chi connectivity index (χ0n) is 11.7. The van der Waals surface area contributed by atoms with E-state index in [2.05, 4.69) is 0 Å². The molecule has 6 heteroatoms. The number of rotatable bonds is 8. The molecule has 1 rings (SSSR count). The molecule has 0 aliphatic carbocycles. The molecule has 20 heavy (non-hydrogen) atoms. The molecule has 0 heterocycles. The molecule has 110 valence electrons. The standard InChI is InChI=1S/C14H19NO5/c1-15(10-14(17)18)13(16)4-3-9-20-12-7-5-11(19-2)6-8-12/h5-8H,3-4,9-10H2,1-2H3,(H,17,18). The Hall–Kier alpha value is -2.24. The minimum atomic E-state index is -1.02. The number of amides is 1. The maximum absolute atomic E-state index is 11.6. The van der Waals surface area contributed by atoms with Crippen LogP contribution in [0, 0.1) is 0 Å². The highest BCUT2D eigenvalue weighted by Gasteiger charge is 2.11. The van der Waals surface area contributed by atoms with Gasteiger partial charge in [-0.05, 0) is 30.7 Å². The Morgan fingerprint density at radius 3 is 2.35 bits per heavy atom. The molecule has 0 unspecified atom stereocenters. The second-order valence-corrected chi connectivity index (χ2v) is 4.27. The molecule has 0 saturated carbocycles. The lowest BCUT2D eigenvalue weighted by atomic mass is 10.3. The van der Waals surface area contributed by atoms with E-state index in [0.717, 1.165) is 5.75 Å². The summed E-state index contributed by atoms with van der Waals surface area (Å²) in [5.41, 5.74) is 0. The zero-order chi connectivity index (χ0) is 15.0. The maximum Gasteiger partial charge on any atom is 0.323 e. The SMILES string of the molecule is COc1ccc(OCCCC(=O)N(C)CC(=O)O)cc1. The van der Waals surface area contributed by atoms with Crippen LogP contribution in [-0.2, 0) is 9.59 Å². The summed E-state index contributed by atoms with van der Waals surface area (Å²) in [6, 6.07) is 7.16. The van der Waals surface area contributed by atoms with Crippen molar-refractivity contribution < 1.29 is 24.2 Å². The quantitative estimate of drug-likeness (QED) is 0.729. The van der Waals surface area contributed by atoms with Crippen LogP contribution in [0.4, 0.5) is 0 Å². The average Bonchev–Trinajstić information content (AvgIpc) is 2.43. The molecule has 1 aromatic carbocycles. The Morgan fingerprint density at radius 1 is 1.20 bits per heavy atom. The van der Waals surface area contributed by atoms with E-state index in [1.807, 2.05) is 0 Å². The second-order valence-electron chi connectivity index (χ2n) is 4.27. The molecule has 0 fully saturated rings. The van der Waals surface area contributed by atoms with Crippen molar-refractivity contribution in [1.82, 2.24) is 4.90 Å². The number of carboxylic acid groups (broad SMARTS) is 1. The number of carbonyl (C=O) groups excluding carboxylic acids is 1. The lowest BCUT2D eigenvalue weighted by Crippen LogP contribution is -2.31. The smallest absolute Gasteiger partial charge is 0.323 e. The number of likely N-dealkylation sites (N-methyl/N-ethyl adjacent to an activating group) is 1. The maximum atomic E-state index is 11.6. The third-order valence-electron chi connectivity index (χ3n) is 2.66. The van der Waals surface area contributed by atoms with Gasteiger partial charge < -0.3 is 19.5 Å². The van der Waals surface area contributed by atoms with Gasteiger partial charge in [-0.1, -0.05) is 0 Å². The van der Waals surface area contributed by atoms with Gasteiger partial charge in [0.15, 0.2) is 0 Å². The monoisotopic (exact) mass is 281 g/mol. The van der Waals surface area contributed by atoms with E-state index in [4.69, 9.17) is 14.6 Å². The molecule has 0 aliphatic rings. The number of nitrogens with zero attached hydrogens (tertiary/aromatic N) is 1. The van der Waals surface area contributed by atoms with Gasteiger partial charge in [-0.3, -0.25) is 9.59 Å². The fourth-order valence-corrected chi connectivity index (χ4v) is 1.57. The molecule has 0 atom stereocenters. The highest BCUT2D eigenvalue weighted by atomic mass is 16.5. The number of carbonyl (C=O) groups is 2. The number of ether oxygens (including phenoxy) is 2. The minimum Gasteiger partial charge on any atom is -0.497 e. The van der Waals surface area contributed by atoms with Crippen molar-refractivity contribution in [2.24, 2.45) is 0 Å². The highest BCUT2D eigenvalue weighted by Crippen LogP contribution is 2.17. The first-order valence-corrected chi connectivity index (χ1v) is 6.25. The first-order valence-electron chi connectivity index (χ1n) is 6.25. The van der Waals surface area contributed by atoms with Crippen LogP contribution < -0.4 is 9.47 Å². The van der Waals surface area contributed by atoms with E-state index in [-0.39, 0.29) is 18.9 Å². The molecule has 1 aromatic rings. The minimum absolute atomic E-state index is 0.203. The van der Waals surface area contributed by atoms with Crippen molar-refractivity contribution in [2.75, 3.05) is 27.3 Å². The Kier molecular flexibility index (Phi) is 6.36. The van der Waals surface area contributed by atoms with E-state index >= 15 is 0 Å². The number of hydrogen-bond donors (Lipinski definition) is 1. The van der Waals surface area contributed by atoms with Gasteiger partial charge in [0.2, 0.25) is 5.91 Å². The molecular weight excluding hydrogens is 262 g/mol. The summed E-state index contributed by atoms with van der Waals surface area (Å²) in [5, 5.41) is 8.57. The Morgan fingerprint density at radius 2 is 1.80 bits per heavy atom. The Balaban J connectivity index is 2.23. The van der Waals surface area contributed by atoms with Crippen molar-refractivity contribution in [3.8, 4) is 11.5 Å². The van der Waals surface area contributed by atoms with Gasteiger partial charge in [-0.2, -0.15) is 0 Å². The average molecular weight is 281 g/mol. The van der Waals surface area contributed by atoms with Crippen molar-refractivity contribution in [2.45, 2.75) is 12.8 Å². The largest absolute Gasteiger partial charge is 0.497 e. The molecule has 0 bridgehead atoms. The Bertz CT molecular complexity index is 443. The van der Waals surface area contributed by atoms with Crippen LogP contribution in [0.1, 0.15) is 12.8 Å². The summed E-state index contributed by atoms with van der Waals surface area (Å²) in [4.78, 5) is 23.2. The first kappa shape index (κ1) is 15.8. The van der Waals surface area contributed by atoms with Crippen molar-refractivity contribution in [3.63, 3.8) is 0 Å². The highest BCUT2D eigenvalue weighted by molar-refractivity contribution is 5.80. The number of carboxylic acids is 1. The number of aliphatic carboxylic acids is 1. The molecule has 1 amide bonds. The van der Waals surface area contributed by atoms with Crippen LogP contribution in [0.2, 0.25) is 0 Å². The molecule has 0 aliphatic heterocycles. The van der Waals surface area contributed by atoms with E-state index in [9.17, 15) is 9.59 Å². The number of benzene rings is 1. The molecule has 0 spiro atoms. The van der Waals surface area contributed by atoms with Crippen LogP contribution in [0.15, 0.2) is 24.3 Å². The predicted octanol–water partition coefficient (Wildman–Crippen LogP) is 1.40. The summed E-state index contributed by atoms with van der Waals surface area (Å²) < 4.78 is 10.5. The number of methoxy groups -OCH3 is 1. The molecular formula is C14H19NO5. The molecule has 0 aromatic heterocycles. The fraction of sp³-hybridized carbons (Fsp3) is 0.429. The van der Waals surface area contributed by atoms with Gasteiger partial charge in [-0.25, -0.2) is 0 Å². The topological polar surface area (TPSA) is 76.1 Å². The van der Waals surface area contributed by atoms with E-state index < -0.39 is 5.97 Å². The third kappa shape index (κ3) is 5.60. The van der Waals surface area contributed by atoms with Crippen LogP contribution in [0.25, 0.3) is 0 Å². The lowest BCUT2D eigenvalue weighted by molar-refractivity contribution is -0.143. The van der Waals surface area contributed by atoms with Gasteiger partial charge in [0, 0.05) is 13.5 Å². The Labute approximate surface area is 117 Å². The van der Waals surface area contributed by atoms with Gasteiger partial charge in [-0.15, -0.1) is 0 Å². The lowest BCUT2D eigenvalue weighted by Gasteiger charge is -2.14. The van der Waals surface area contributed by atoms with E-state index in [0.29, 0.717) is 18.8 Å². The molecule has 0 radical (unpaired) electrons. The summed E-state index contributed by atoms with van der Waals surface area (Å²) in [6.45, 7) is 0.122. The van der Waals surface area contributed by atoms with Crippen molar-refractivity contribution in [1.29, 1.82) is 0 Å². The van der Waals surface area contributed by atoms with Crippen LogP contribution in [0.5, 0.6) is 11.5 Å². The summed E-state index contributed by atoms with van der Waals surface area (Å²) in [7, 11) is 3.07. The second kappa shape index (κ2) is 8.04. The number of hydrogen-bond acceptors (Lipinski definition) is 4. The van der Waals surface area contributed by atoms with Gasteiger partial charge >= 0.3 is 5.97 Å². The van der Waals surface area contributed by atoms with Gasteiger partial charge in [0.05, 0.1) is 13.7 Å². The predicted molar refractivity (Wildman–Crippen MR) is 73.0 cm³/mol.